The molecule has 2 N–H and O–H groups in total. The zero-order valence-electron chi connectivity index (χ0n) is 11.4. The number of nitro groups is 1. The molecule has 0 atom stereocenters. The van der Waals surface area contributed by atoms with E-state index in [1.54, 1.807) is 0 Å². The lowest BCUT2D eigenvalue weighted by molar-refractivity contribution is -0.385. The molecule has 0 radical (unpaired) electrons. The van der Waals surface area contributed by atoms with Crippen molar-refractivity contribution in [2.45, 2.75) is 6.42 Å². The third-order valence-electron chi connectivity index (χ3n) is 2.57. The molecule has 0 aliphatic rings. The number of nitrogens with one attached hydrogen (secondary N) is 1. The average Bonchev–Trinajstić information content (AvgIpc) is 2.44. The van der Waals surface area contributed by atoms with Gasteiger partial charge in [0.05, 0.1) is 31.6 Å². The highest BCUT2D eigenvalue weighted by Crippen LogP contribution is 2.34. The van der Waals surface area contributed by atoms with Crippen molar-refractivity contribution in [2.75, 3.05) is 20.8 Å². The van der Waals surface area contributed by atoms with Gasteiger partial charge >= 0.3 is 5.97 Å². The minimum atomic E-state index is -1.09. The molecule has 1 amide bonds. The second kappa shape index (κ2) is 7.08. The SMILES string of the molecule is COc1cc(C(=O)NCCC(=O)O)c([N+](=O)[O-])cc1OC. The van der Waals surface area contributed by atoms with Crippen LogP contribution in [-0.2, 0) is 4.79 Å². The van der Waals surface area contributed by atoms with Crippen molar-refractivity contribution in [3.8, 4) is 11.5 Å². The Labute approximate surface area is 119 Å². The number of carboxylic acid groups (broad SMARTS) is 1. The molecule has 1 rings (SSSR count). The first-order chi connectivity index (χ1) is 9.90. The summed E-state index contributed by atoms with van der Waals surface area (Å²) in [6, 6.07) is 2.25. The Morgan fingerprint density at radius 2 is 1.86 bits per heavy atom. The summed E-state index contributed by atoms with van der Waals surface area (Å²) in [5, 5.41) is 21.8. The molecule has 0 saturated heterocycles. The van der Waals surface area contributed by atoms with E-state index < -0.39 is 22.5 Å². The molecule has 0 aliphatic carbocycles. The highest BCUT2D eigenvalue weighted by molar-refractivity contribution is 5.99. The Morgan fingerprint density at radius 3 is 2.33 bits per heavy atom. The van der Waals surface area contributed by atoms with E-state index in [2.05, 4.69) is 5.32 Å². The van der Waals surface area contributed by atoms with Crippen LogP contribution in [-0.4, -0.2) is 42.7 Å². The lowest BCUT2D eigenvalue weighted by Crippen LogP contribution is -2.26. The Bertz CT molecular complexity index is 571. The molecule has 0 heterocycles. The fraction of sp³-hybridized carbons (Fsp3) is 0.333. The summed E-state index contributed by atoms with van der Waals surface area (Å²) in [5.41, 5.74) is -0.691. The van der Waals surface area contributed by atoms with Gasteiger partial charge in [-0.05, 0) is 0 Å². The molecule has 9 nitrogen and oxygen atoms in total. The molecule has 0 aromatic heterocycles. The van der Waals surface area contributed by atoms with Crippen LogP contribution >= 0.6 is 0 Å². The lowest BCUT2D eigenvalue weighted by Gasteiger charge is -2.10. The van der Waals surface area contributed by atoms with Crippen LogP contribution in [0, 0.1) is 10.1 Å². The van der Waals surface area contributed by atoms with E-state index in [0.717, 1.165) is 6.07 Å². The zero-order valence-corrected chi connectivity index (χ0v) is 11.4. The van der Waals surface area contributed by atoms with Crippen LogP contribution in [0.4, 0.5) is 5.69 Å². The number of hydrogen-bond donors (Lipinski definition) is 2. The average molecular weight is 298 g/mol. The first kappa shape index (κ1) is 16.2. The van der Waals surface area contributed by atoms with Gasteiger partial charge < -0.3 is 19.9 Å². The van der Waals surface area contributed by atoms with Crippen molar-refractivity contribution < 1.29 is 29.1 Å². The number of ether oxygens (including phenoxy) is 2. The molecular weight excluding hydrogens is 284 g/mol. The van der Waals surface area contributed by atoms with Gasteiger partial charge in [0.1, 0.15) is 5.56 Å². The molecule has 0 spiro atoms. The number of rotatable bonds is 7. The Kier molecular flexibility index (Phi) is 5.47. The monoisotopic (exact) mass is 298 g/mol. The highest BCUT2D eigenvalue weighted by atomic mass is 16.6. The van der Waals surface area contributed by atoms with Gasteiger partial charge in [-0.1, -0.05) is 0 Å². The van der Waals surface area contributed by atoms with E-state index in [0.29, 0.717) is 0 Å². The molecular formula is C12H14N2O7. The highest BCUT2D eigenvalue weighted by Gasteiger charge is 2.24. The number of carbonyl (C=O) groups excluding carboxylic acids is 1. The number of carbonyl (C=O) groups is 2. The minimum Gasteiger partial charge on any atom is -0.493 e. The Balaban J connectivity index is 3.11. The van der Waals surface area contributed by atoms with Gasteiger partial charge in [0, 0.05) is 12.6 Å². The van der Waals surface area contributed by atoms with E-state index in [1.807, 2.05) is 0 Å². The van der Waals surface area contributed by atoms with Crippen molar-refractivity contribution in [1.82, 2.24) is 5.32 Å². The maximum absolute atomic E-state index is 11.9. The molecule has 9 heteroatoms. The van der Waals surface area contributed by atoms with E-state index >= 15 is 0 Å². The first-order valence-electron chi connectivity index (χ1n) is 5.81. The molecule has 21 heavy (non-hydrogen) atoms. The Hall–Kier alpha value is -2.84. The van der Waals surface area contributed by atoms with Gasteiger partial charge in [0.2, 0.25) is 0 Å². The van der Waals surface area contributed by atoms with Gasteiger partial charge in [-0.2, -0.15) is 0 Å². The number of methoxy groups -OCH3 is 2. The summed E-state index contributed by atoms with van der Waals surface area (Å²) >= 11 is 0. The summed E-state index contributed by atoms with van der Waals surface area (Å²) in [4.78, 5) is 32.6. The maximum Gasteiger partial charge on any atom is 0.305 e. The van der Waals surface area contributed by atoms with Gasteiger partial charge in [-0.25, -0.2) is 0 Å². The summed E-state index contributed by atoms with van der Waals surface area (Å²) in [6.45, 7) is -0.139. The van der Waals surface area contributed by atoms with E-state index in [-0.39, 0.29) is 30.0 Å². The second-order valence-electron chi connectivity index (χ2n) is 3.88. The summed E-state index contributed by atoms with van der Waals surface area (Å²) in [6.07, 6.45) is -0.285. The van der Waals surface area contributed by atoms with Crippen molar-refractivity contribution in [3.63, 3.8) is 0 Å². The second-order valence-corrected chi connectivity index (χ2v) is 3.88. The molecule has 1 aromatic carbocycles. The van der Waals surface area contributed by atoms with Crippen molar-refractivity contribution in [3.05, 3.63) is 27.8 Å². The van der Waals surface area contributed by atoms with Crippen LogP contribution in [0.15, 0.2) is 12.1 Å². The fourth-order valence-corrected chi connectivity index (χ4v) is 1.58. The van der Waals surface area contributed by atoms with Crippen molar-refractivity contribution in [2.24, 2.45) is 0 Å². The van der Waals surface area contributed by atoms with Crippen LogP contribution in [0.5, 0.6) is 11.5 Å². The standard InChI is InChI=1S/C12H14N2O7/c1-20-9-5-7(12(17)13-4-3-11(15)16)8(14(18)19)6-10(9)21-2/h5-6H,3-4H2,1-2H3,(H,13,17)(H,15,16). The first-order valence-corrected chi connectivity index (χ1v) is 5.81. The number of nitro benzene ring substituents is 1. The molecule has 0 unspecified atom stereocenters. The molecule has 0 bridgehead atoms. The van der Waals surface area contributed by atoms with Crippen LogP contribution < -0.4 is 14.8 Å². The maximum atomic E-state index is 11.9. The molecule has 0 saturated carbocycles. The quantitative estimate of drug-likeness (QED) is 0.563. The normalized spacial score (nSPS) is 9.81. The minimum absolute atomic E-state index is 0.117. The summed E-state index contributed by atoms with van der Waals surface area (Å²) in [5.74, 6) is -1.57. The van der Waals surface area contributed by atoms with Crippen LogP contribution in [0.2, 0.25) is 0 Å². The van der Waals surface area contributed by atoms with Crippen molar-refractivity contribution in [1.29, 1.82) is 0 Å². The predicted molar refractivity (Wildman–Crippen MR) is 70.8 cm³/mol. The number of aliphatic carboxylic acids is 1. The molecule has 1 aromatic rings. The number of amides is 1. The van der Waals surface area contributed by atoms with Crippen molar-refractivity contribution >= 4 is 17.6 Å². The molecule has 0 aliphatic heterocycles. The predicted octanol–water partition coefficient (Wildman–Crippen LogP) is 0.817. The number of hydrogen-bond acceptors (Lipinski definition) is 6. The largest absolute Gasteiger partial charge is 0.493 e. The molecule has 0 fully saturated rings. The van der Waals surface area contributed by atoms with Gasteiger partial charge in [-0.3, -0.25) is 19.7 Å². The van der Waals surface area contributed by atoms with Crippen LogP contribution in [0.1, 0.15) is 16.8 Å². The van der Waals surface area contributed by atoms with Gasteiger partial charge in [-0.15, -0.1) is 0 Å². The Morgan fingerprint density at radius 1 is 1.29 bits per heavy atom. The smallest absolute Gasteiger partial charge is 0.305 e. The number of nitrogens with zero attached hydrogens (tertiary/aromatic N) is 1. The van der Waals surface area contributed by atoms with E-state index in [4.69, 9.17) is 14.6 Å². The van der Waals surface area contributed by atoms with Gasteiger partial charge in [0.25, 0.3) is 11.6 Å². The van der Waals surface area contributed by atoms with Gasteiger partial charge in [0.15, 0.2) is 11.5 Å². The lowest BCUT2D eigenvalue weighted by atomic mass is 10.1. The van der Waals surface area contributed by atoms with Crippen LogP contribution in [0.3, 0.4) is 0 Å². The third kappa shape index (κ3) is 4.06. The third-order valence-corrected chi connectivity index (χ3v) is 2.57. The topological polar surface area (TPSA) is 128 Å². The van der Waals surface area contributed by atoms with E-state index in [1.165, 1.54) is 20.3 Å². The number of carboxylic acids is 1. The summed E-state index contributed by atoms with van der Waals surface area (Å²) < 4.78 is 9.92. The number of benzene rings is 1. The fourth-order valence-electron chi connectivity index (χ4n) is 1.58. The molecule has 114 valence electrons. The van der Waals surface area contributed by atoms with E-state index in [9.17, 15) is 19.7 Å². The summed E-state index contributed by atoms with van der Waals surface area (Å²) in [7, 11) is 2.64. The zero-order chi connectivity index (χ0) is 16.0. The van der Waals surface area contributed by atoms with Crippen LogP contribution in [0.25, 0.3) is 0 Å².